The van der Waals surface area contributed by atoms with Crippen molar-refractivity contribution < 1.29 is 4.79 Å². The maximum Gasteiger partial charge on any atom is 0.264 e. The maximum absolute atomic E-state index is 12.5. The van der Waals surface area contributed by atoms with Crippen LogP contribution in [0.1, 0.15) is 28.6 Å². The van der Waals surface area contributed by atoms with Gasteiger partial charge in [0.05, 0.1) is 19.7 Å². The summed E-state index contributed by atoms with van der Waals surface area (Å²) in [6.45, 7) is 7.20. The van der Waals surface area contributed by atoms with Crippen LogP contribution in [0, 0.1) is 6.92 Å². The highest BCUT2D eigenvalue weighted by molar-refractivity contribution is 9.11. The quantitative estimate of drug-likeness (QED) is 0.804. The fourth-order valence-electron chi connectivity index (χ4n) is 2.60. The fourth-order valence-corrected chi connectivity index (χ4v) is 4.42. The Balaban J connectivity index is 1.97. The van der Waals surface area contributed by atoms with Crippen LogP contribution >= 0.6 is 39.5 Å². The van der Waals surface area contributed by atoms with Crippen molar-refractivity contribution in [1.29, 1.82) is 0 Å². The number of aryl methyl sites for hydroxylation is 1. The lowest BCUT2D eigenvalue weighted by Crippen LogP contribution is -2.54. The molecule has 4 nitrogen and oxygen atoms in total. The number of thiophene rings is 1. The third-order valence-electron chi connectivity index (χ3n) is 3.83. The summed E-state index contributed by atoms with van der Waals surface area (Å²) in [7, 11) is 0. The smallest absolute Gasteiger partial charge is 0.264 e. The predicted molar refractivity (Wildman–Crippen MR) is 95.1 cm³/mol. The Kier molecular flexibility index (Phi) is 5.76. The number of rotatable bonds is 4. The molecule has 1 saturated heterocycles. The summed E-state index contributed by atoms with van der Waals surface area (Å²) in [5, 5.41) is 0. The molecule has 1 amide bonds. The van der Waals surface area contributed by atoms with Crippen LogP contribution in [-0.2, 0) is 0 Å². The van der Waals surface area contributed by atoms with Gasteiger partial charge in [-0.2, -0.15) is 0 Å². The van der Waals surface area contributed by atoms with E-state index in [2.05, 4.69) is 27.8 Å². The van der Waals surface area contributed by atoms with Crippen LogP contribution in [0.25, 0.3) is 0 Å². The monoisotopic (exact) mass is 389 g/mol. The molecule has 0 spiro atoms. The molecule has 0 saturated carbocycles. The number of carbonyl (C=O) groups excluding carboxylic acids is 1. The first-order valence-electron chi connectivity index (χ1n) is 7.02. The average Bonchev–Trinajstić information content (AvgIpc) is 2.79. The van der Waals surface area contributed by atoms with Gasteiger partial charge in [0.15, 0.2) is 0 Å². The van der Waals surface area contributed by atoms with Crippen LogP contribution in [0.5, 0.6) is 0 Å². The second kappa shape index (κ2) is 7.17. The van der Waals surface area contributed by atoms with E-state index in [4.69, 9.17) is 18.0 Å². The summed E-state index contributed by atoms with van der Waals surface area (Å²) in [4.78, 5) is 18.0. The molecule has 1 unspecified atom stereocenters. The minimum absolute atomic E-state index is 0.122. The molecular formula is C14H20BrN3OS2. The minimum Gasteiger partial charge on any atom is -0.392 e. The highest BCUT2D eigenvalue weighted by atomic mass is 79.9. The Bertz CT molecular complexity index is 519. The van der Waals surface area contributed by atoms with Crippen LogP contribution in [0.15, 0.2) is 9.85 Å². The normalized spacial score (nSPS) is 17.8. The molecule has 0 radical (unpaired) electrons. The first kappa shape index (κ1) is 16.9. The summed E-state index contributed by atoms with van der Waals surface area (Å²) >= 11 is 10.1. The lowest BCUT2D eigenvalue weighted by atomic mass is 10.1. The zero-order valence-electron chi connectivity index (χ0n) is 12.3. The van der Waals surface area contributed by atoms with Crippen LogP contribution < -0.4 is 5.73 Å². The first-order chi connectivity index (χ1) is 9.93. The number of amides is 1. The largest absolute Gasteiger partial charge is 0.392 e. The van der Waals surface area contributed by atoms with Crippen molar-refractivity contribution in [3.8, 4) is 0 Å². The number of halogens is 1. The minimum atomic E-state index is 0.122. The van der Waals surface area contributed by atoms with E-state index < -0.39 is 0 Å². The van der Waals surface area contributed by atoms with E-state index in [1.54, 1.807) is 0 Å². The van der Waals surface area contributed by atoms with E-state index in [0.29, 0.717) is 4.99 Å². The third kappa shape index (κ3) is 3.83. The number of piperazine rings is 1. The van der Waals surface area contributed by atoms with Crippen molar-refractivity contribution in [2.75, 3.05) is 26.2 Å². The molecule has 1 aliphatic heterocycles. The van der Waals surface area contributed by atoms with E-state index in [0.717, 1.165) is 46.8 Å². The van der Waals surface area contributed by atoms with Crippen molar-refractivity contribution in [3.05, 3.63) is 20.3 Å². The number of nitrogens with two attached hydrogens (primary N) is 1. The van der Waals surface area contributed by atoms with Gasteiger partial charge in [-0.25, -0.2) is 0 Å². The van der Waals surface area contributed by atoms with E-state index in [-0.39, 0.29) is 11.9 Å². The molecule has 1 aromatic heterocycles. The second-order valence-corrected chi connectivity index (χ2v) is 8.06. The Morgan fingerprint density at radius 2 is 2.10 bits per heavy atom. The third-order valence-corrected chi connectivity index (χ3v) is 6.22. The summed E-state index contributed by atoms with van der Waals surface area (Å²) < 4.78 is 1.03. The molecular weight excluding hydrogens is 370 g/mol. The fraction of sp³-hybridized carbons (Fsp3) is 0.571. The van der Waals surface area contributed by atoms with Crippen LogP contribution in [-0.4, -0.2) is 52.9 Å². The van der Waals surface area contributed by atoms with Gasteiger partial charge in [-0.1, -0.05) is 19.1 Å². The molecule has 1 atom stereocenters. The number of thiocarbonyl (C=S) groups is 1. The summed E-state index contributed by atoms with van der Waals surface area (Å²) in [6, 6.07) is 2.10. The van der Waals surface area contributed by atoms with E-state index in [1.165, 1.54) is 11.3 Å². The number of carbonyl (C=O) groups is 1. The van der Waals surface area contributed by atoms with Crippen LogP contribution in [0.3, 0.4) is 0 Å². The molecule has 0 aromatic carbocycles. The lowest BCUT2D eigenvalue weighted by molar-refractivity contribution is 0.0616. The molecule has 0 aliphatic carbocycles. The number of hydrogen-bond donors (Lipinski definition) is 1. The Morgan fingerprint density at radius 1 is 1.48 bits per heavy atom. The summed E-state index contributed by atoms with van der Waals surface area (Å²) in [5.41, 5.74) is 6.90. The Hall–Kier alpha value is -0.500. The molecule has 7 heteroatoms. The molecule has 2 rings (SSSR count). The maximum atomic E-state index is 12.5. The van der Waals surface area contributed by atoms with Gasteiger partial charge in [-0.05, 0) is 40.9 Å². The van der Waals surface area contributed by atoms with Gasteiger partial charge in [-0.15, -0.1) is 11.3 Å². The van der Waals surface area contributed by atoms with E-state index >= 15 is 0 Å². The van der Waals surface area contributed by atoms with Gasteiger partial charge in [0.2, 0.25) is 0 Å². The molecule has 21 heavy (non-hydrogen) atoms. The van der Waals surface area contributed by atoms with Crippen LogP contribution in [0.4, 0.5) is 0 Å². The summed E-state index contributed by atoms with van der Waals surface area (Å²) in [6.07, 6.45) is 0.917. The topological polar surface area (TPSA) is 49.6 Å². The van der Waals surface area contributed by atoms with Crippen LogP contribution in [0.2, 0.25) is 0 Å². The van der Waals surface area contributed by atoms with Gasteiger partial charge in [0, 0.05) is 26.2 Å². The highest BCUT2D eigenvalue weighted by Crippen LogP contribution is 2.28. The molecule has 1 aromatic rings. The zero-order chi connectivity index (χ0) is 15.6. The SMILES string of the molecule is CCC(C(N)=S)N1CCN(C(=O)c2cc(C)c(Br)s2)CC1. The molecule has 116 valence electrons. The molecule has 1 aliphatic rings. The van der Waals surface area contributed by atoms with Gasteiger partial charge in [-0.3, -0.25) is 9.69 Å². The van der Waals surface area contributed by atoms with Crippen molar-refractivity contribution in [1.82, 2.24) is 9.80 Å². The Morgan fingerprint density at radius 3 is 2.52 bits per heavy atom. The lowest BCUT2D eigenvalue weighted by Gasteiger charge is -2.38. The van der Waals surface area contributed by atoms with Gasteiger partial charge < -0.3 is 10.6 Å². The molecule has 1 fully saturated rings. The average molecular weight is 390 g/mol. The standard InChI is InChI=1S/C14H20BrN3OS2/c1-3-10(13(16)20)17-4-6-18(7-5-17)14(19)11-8-9(2)12(15)21-11/h8,10H,3-7H2,1-2H3,(H2,16,20). The number of nitrogens with zero attached hydrogens (tertiary/aromatic N) is 2. The first-order valence-corrected chi connectivity index (χ1v) is 9.04. The Labute approximate surface area is 143 Å². The van der Waals surface area contributed by atoms with Gasteiger partial charge in [0.25, 0.3) is 5.91 Å². The van der Waals surface area contributed by atoms with Crippen molar-refractivity contribution in [3.63, 3.8) is 0 Å². The molecule has 0 bridgehead atoms. The zero-order valence-corrected chi connectivity index (χ0v) is 15.5. The van der Waals surface area contributed by atoms with Gasteiger partial charge >= 0.3 is 0 Å². The predicted octanol–water partition coefficient (Wildman–Crippen LogP) is 2.64. The van der Waals surface area contributed by atoms with E-state index in [1.807, 2.05) is 17.9 Å². The number of hydrogen-bond acceptors (Lipinski definition) is 4. The van der Waals surface area contributed by atoms with Crippen molar-refractivity contribution in [2.45, 2.75) is 26.3 Å². The second-order valence-electron chi connectivity index (χ2n) is 5.22. The van der Waals surface area contributed by atoms with Crippen molar-refractivity contribution >= 4 is 50.4 Å². The highest BCUT2D eigenvalue weighted by Gasteiger charge is 2.27. The molecule has 2 heterocycles. The summed E-state index contributed by atoms with van der Waals surface area (Å²) in [5.74, 6) is 0.122. The van der Waals surface area contributed by atoms with Gasteiger partial charge in [0.1, 0.15) is 0 Å². The molecule has 2 N–H and O–H groups in total. The van der Waals surface area contributed by atoms with Crippen molar-refractivity contribution in [2.24, 2.45) is 5.73 Å². The van der Waals surface area contributed by atoms with E-state index in [9.17, 15) is 4.79 Å².